The molecule has 82 valence electrons. The summed E-state index contributed by atoms with van der Waals surface area (Å²) in [5.41, 5.74) is 0.452. The van der Waals surface area contributed by atoms with Gasteiger partial charge in [0.05, 0.1) is 12.3 Å². The van der Waals surface area contributed by atoms with E-state index in [-0.39, 0.29) is 5.15 Å². The molecule has 1 heterocycles. The third-order valence-electron chi connectivity index (χ3n) is 1.54. The Hall–Kier alpha value is -1.29. The molecule has 1 rings (SSSR count). The third kappa shape index (κ3) is 4.16. The summed E-state index contributed by atoms with van der Waals surface area (Å²) in [5.74, 6) is 0.306. The van der Waals surface area contributed by atoms with Crippen LogP contribution in [0.15, 0.2) is 18.3 Å². The van der Waals surface area contributed by atoms with Gasteiger partial charge in [-0.25, -0.2) is 9.78 Å². The summed E-state index contributed by atoms with van der Waals surface area (Å²) in [5, 5.41) is 2.76. The van der Waals surface area contributed by atoms with Crippen LogP contribution in [-0.4, -0.2) is 17.7 Å². The summed E-state index contributed by atoms with van der Waals surface area (Å²) in [6.45, 7) is 4.30. The van der Waals surface area contributed by atoms with Crippen LogP contribution in [0.2, 0.25) is 5.15 Å². The average molecular weight is 229 g/mol. The lowest BCUT2D eigenvalue weighted by Gasteiger charge is -2.08. The van der Waals surface area contributed by atoms with E-state index in [2.05, 4.69) is 10.3 Å². The van der Waals surface area contributed by atoms with E-state index in [0.717, 1.165) is 0 Å². The van der Waals surface area contributed by atoms with Crippen molar-refractivity contribution in [1.29, 1.82) is 0 Å². The lowest BCUT2D eigenvalue weighted by molar-refractivity contribution is 0.147. The molecular weight excluding hydrogens is 216 g/mol. The van der Waals surface area contributed by atoms with Gasteiger partial charge in [-0.3, -0.25) is 5.32 Å². The number of ether oxygens (including phenoxy) is 1. The molecule has 0 radical (unpaired) electrons. The summed E-state index contributed by atoms with van der Waals surface area (Å²) < 4.78 is 4.93. The third-order valence-corrected chi connectivity index (χ3v) is 1.84. The molecule has 0 aliphatic rings. The van der Waals surface area contributed by atoms with Gasteiger partial charge in [0.25, 0.3) is 0 Å². The SMILES string of the molecule is CC(C)COC(=O)Nc1cccnc1Cl. The zero-order chi connectivity index (χ0) is 11.3. The molecule has 0 fully saturated rings. The number of carbonyl (C=O) groups excluding carboxylic acids is 1. The molecule has 1 aromatic heterocycles. The Kier molecular flexibility index (Phi) is 4.37. The number of nitrogens with zero attached hydrogens (tertiary/aromatic N) is 1. The van der Waals surface area contributed by atoms with Crippen LogP contribution in [0.5, 0.6) is 0 Å². The van der Waals surface area contributed by atoms with Gasteiger partial charge in [-0.15, -0.1) is 0 Å². The van der Waals surface area contributed by atoms with Crippen LogP contribution in [0.4, 0.5) is 10.5 Å². The number of nitrogens with one attached hydrogen (secondary N) is 1. The van der Waals surface area contributed by atoms with Crippen molar-refractivity contribution in [2.45, 2.75) is 13.8 Å². The fraction of sp³-hybridized carbons (Fsp3) is 0.400. The number of hydrogen-bond donors (Lipinski definition) is 1. The van der Waals surface area contributed by atoms with Gasteiger partial charge in [-0.1, -0.05) is 25.4 Å². The summed E-state index contributed by atoms with van der Waals surface area (Å²) in [6.07, 6.45) is 1.03. The minimum atomic E-state index is -0.515. The predicted octanol–water partition coefficient (Wildman–Crippen LogP) is 2.94. The Labute approximate surface area is 93.6 Å². The van der Waals surface area contributed by atoms with Crippen LogP contribution < -0.4 is 5.32 Å². The van der Waals surface area contributed by atoms with Crippen molar-refractivity contribution in [2.24, 2.45) is 5.92 Å². The molecule has 0 atom stereocenters. The van der Waals surface area contributed by atoms with Crippen molar-refractivity contribution in [2.75, 3.05) is 11.9 Å². The van der Waals surface area contributed by atoms with Gasteiger partial charge in [0, 0.05) is 6.20 Å². The Morgan fingerprint density at radius 1 is 1.67 bits per heavy atom. The largest absolute Gasteiger partial charge is 0.449 e. The zero-order valence-electron chi connectivity index (χ0n) is 8.66. The van der Waals surface area contributed by atoms with Gasteiger partial charge in [0.2, 0.25) is 0 Å². The van der Waals surface area contributed by atoms with Crippen molar-refractivity contribution < 1.29 is 9.53 Å². The first-order valence-corrected chi connectivity index (χ1v) is 5.01. The van der Waals surface area contributed by atoms with Gasteiger partial charge >= 0.3 is 6.09 Å². The van der Waals surface area contributed by atoms with Crippen LogP contribution in [0, 0.1) is 5.92 Å². The lowest BCUT2D eigenvalue weighted by atomic mass is 10.2. The van der Waals surface area contributed by atoms with Gasteiger partial charge in [-0.05, 0) is 18.1 Å². The topological polar surface area (TPSA) is 51.2 Å². The quantitative estimate of drug-likeness (QED) is 0.810. The maximum absolute atomic E-state index is 11.2. The Morgan fingerprint density at radius 3 is 3.00 bits per heavy atom. The van der Waals surface area contributed by atoms with Crippen LogP contribution in [0.3, 0.4) is 0 Å². The summed E-state index contributed by atoms with van der Waals surface area (Å²) in [7, 11) is 0. The molecule has 0 saturated carbocycles. The normalized spacial score (nSPS) is 10.1. The molecule has 4 nitrogen and oxygen atoms in total. The summed E-state index contributed by atoms with van der Waals surface area (Å²) in [6, 6.07) is 3.34. The van der Waals surface area contributed by atoms with Gasteiger partial charge < -0.3 is 4.74 Å². The molecule has 1 amide bonds. The van der Waals surface area contributed by atoms with E-state index in [1.54, 1.807) is 18.3 Å². The van der Waals surface area contributed by atoms with Gasteiger partial charge in [0.1, 0.15) is 0 Å². The maximum atomic E-state index is 11.2. The van der Waals surface area contributed by atoms with Crippen molar-refractivity contribution in [3.8, 4) is 0 Å². The first-order chi connectivity index (χ1) is 7.09. The van der Waals surface area contributed by atoms with E-state index in [1.807, 2.05) is 13.8 Å². The van der Waals surface area contributed by atoms with Crippen LogP contribution in [0.25, 0.3) is 0 Å². The molecular formula is C10H13ClN2O2. The maximum Gasteiger partial charge on any atom is 0.411 e. The summed E-state index contributed by atoms with van der Waals surface area (Å²) >= 11 is 5.75. The predicted molar refractivity (Wildman–Crippen MR) is 59.1 cm³/mol. The molecule has 0 aromatic carbocycles. The van der Waals surface area contributed by atoms with Crippen molar-refractivity contribution in [3.05, 3.63) is 23.5 Å². The molecule has 15 heavy (non-hydrogen) atoms. The highest BCUT2D eigenvalue weighted by molar-refractivity contribution is 6.32. The van der Waals surface area contributed by atoms with Crippen LogP contribution >= 0.6 is 11.6 Å². The molecule has 0 spiro atoms. The fourth-order valence-electron chi connectivity index (χ4n) is 0.868. The van der Waals surface area contributed by atoms with E-state index >= 15 is 0 Å². The number of rotatable bonds is 3. The van der Waals surface area contributed by atoms with Crippen LogP contribution in [0.1, 0.15) is 13.8 Å². The Balaban J connectivity index is 2.48. The molecule has 1 aromatic rings. The number of anilines is 1. The number of halogens is 1. The van der Waals surface area contributed by atoms with E-state index in [9.17, 15) is 4.79 Å². The number of aromatic nitrogens is 1. The molecule has 0 bridgehead atoms. The first-order valence-electron chi connectivity index (χ1n) is 4.64. The minimum absolute atomic E-state index is 0.249. The second-order valence-corrected chi connectivity index (χ2v) is 3.82. The van der Waals surface area contributed by atoms with E-state index in [0.29, 0.717) is 18.2 Å². The standard InChI is InChI=1S/C10H13ClN2O2/c1-7(2)6-15-10(14)13-8-4-3-5-12-9(8)11/h3-5,7H,6H2,1-2H3,(H,13,14). The van der Waals surface area contributed by atoms with Gasteiger partial charge in [0.15, 0.2) is 5.15 Å². The van der Waals surface area contributed by atoms with Crippen LogP contribution in [-0.2, 0) is 4.74 Å². The number of hydrogen-bond acceptors (Lipinski definition) is 3. The second kappa shape index (κ2) is 5.56. The number of carbonyl (C=O) groups is 1. The van der Waals surface area contributed by atoms with Crippen molar-refractivity contribution in [3.63, 3.8) is 0 Å². The first kappa shape index (κ1) is 11.8. The molecule has 5 heteroatoms. The molecule has 0 unspecified atom stereocenters. The zero-order valence-corrected chi connectivity index (χ0v) is 9.41. The fourth-order valence-corrected chi connectivity index (χ4v) is 1.03. The lowest BCUT2D eigenvalue weighted by Crippen LogP contribution is -2.16. The van der Waals surface area contributed by atoms with Crippen molar-refractivity contribution in [1.82, 2.24) is 4.98 Å². The highest BCUT2D eigenvalue weighted by Crippen LogP contribution is 2.17. The average Bonchev–Trinajstić information content (AvgIpc) is 2.18. The minimum Gasteiger partial charge on any atom is -0.449 e. The van der Waals surface area contributed by atoms with Crippen molar-refractivity contribution >= 4 is 23.4 Å². The molecule has 0 saturated heterocycles. The molecule has 0 aliphatic carbocycles. The monoisotopic (exact) mass is 228 g/mol. The van der Waals surface area contributed by atoms with E-state index in [1.165, 1.54) is 0 Å². The highest BCUT2D eigenvalue weighted by atomic mass is 35.5. The van der Waals surface area contributed by atoms with E-state index in [4.69, 9.17) is 16.3 Å². The highest BCUT2D eigenvalue weighted by Gasteiger charge is 2.07. The smallest absolute Gasteiger partial charge is 0.411 e. The Bertz CT molecular complexity index is 342. The molecule has 1 N–H and O–H groups in total. The number of amides is 1. The van der Waals surface area contributed by atoms with E-state index < -0.39 is 6.09 Å². The molecule has 0 aliphatic heterocycles. The second-order valence-electron chi connectivity index (χ2n) is 3.46. The van der Waals surface area contributed by atoms with Gasteiger partial charge in [-0.2, -0.15) is 0 Å². The Morgan fingerprint density at radius 2 is 2.40 bits per heavy atom. The number of pyridine rings is 1. The summed E-state index contributed by atoms with van der Waals surface area (Å²) in [4.78, 5) is 15.1.